The molecule has 1 amide bonds. The number of nitrogens with zero attached hydrogens (tertiary/aromatic N) is 2. The number of anilines is 1. The molecular weight excluding hydrogens is 434 g/mol. The van der Waals surface area contributed by atoms with E-state index in [0.29, 0.717) is 25.4 Å². The number of nitrogen functional groups attached to an aromatic ring is 1. The lowest BCUT2D eigenvalue weighted by Gasteiger charge is -2.29. The molecule has 6 nitrogen and oxygen atoms in total. The Morgan fingerprint density at radius 3 is 2.76 bits per heavy atom. The van der Waals surface area contributed by atoms with Crippen LogP contribution in [0.15, 0.2) is 34.4 Å². The number of halogens is 1. The highest BCUT2D eigenvalue weighted by Gasteiger charge is 2.28. The summed E-state index contributed by atoms with van der Waals surface area (Å²) >= 11 is 3.50. The van der Waals surface area contributed by atoms with E-state index in [4.69, 9.17) is 15.5 Å². The lowest BCUT2D eigenvalue weighted by atomic mass is 9.88. The summed E-state index contributed by atoms with van der Waals surface area (Å²) in [6.45, 7) is 3.43. The third-order valence-corrected chi connectivity index (χ3v) is 6.29. The number of nitrogens with two attached hydrogens (primary N) is 1. The molecule has 1 aliphatic heterocycles. The number of fused-ring (bicyclic) bond motifs is 2. The van der Waals surface area contributed by atoms with E-state index in [1.807, 2.05) is 19.1 Å². The highest BCUT2D eigenvalue weighted by molar-refractivity contribution is 9.10. The second-order valence-electron chi connectivity index (χ2n) is 7.35. The molecule has 0 atom stereocenters. The standard InChI is InChI=1S/C22H24BrN3O3/c1-2-29-22(28)26-9-7-13(8-10-26)19-16-6-4-15(27)11-14(16)3-5-17-20(24)18(23)12-25-21(17)19/h4,6,11-12,27H,2-3,5,7-10H2,1H3,(H2,24,25). The second kappa shape index (κ2) is 8.06. The first-order valence-corrected chi connectivity index (χ1v) is 10.7. The molecule has 4 rings (SSSR count). The molecule has 3 N–H and O–H groups in total. The first-order chi connectivity index (χ1) is 14.0. The van der Waals surface area contributed by atoms with Crippen molar-refractivity contribution in [3.8, 4) is 5.75 Å². The Morgan fingerprint density at radius 2 is 2.03 bits per heavy atom. The van der Waals surface area contributed by atoms with E-state index >= 15 is 0 Å². The number of aromatic hydroxyl groups is 1. The monoisotopic (exact) mass is 457 g/mol. The lowest BCUT2D eigenvalue weighted by Crippen LogP contribution is -2.37. The van der Waals surface area contributed by atoms with Gasteiger partial charge in [0.25, 0.3) is 0 Å². The van der Waals surface area contributed by atoms with Gasteiger partial charge in [0, 0.05) is 30.4 Å². The van der Waals surface area contributed by atoms with Crippen molar-refractivity contribution in [2.24, 2.45) is 0 Å². The Bertz CT molecular complexity index is 993. The lowest BCUT2D eigenvalue weighted by molar-refractivity contribution is 0.104. The molecule has 2 aromatic rings. The van der Waals surface area contributed by atoms with Crippen LogP contribution >= 0.6 is 15.9 Å². The van der Waals surface area contributed by atoms with Crippen LogP contribution in [-0.2, 0) is 17.6 Å². The van der Waals surface area contributed by atoms with Crippen molar-refractivity contribution in [1.82, 2.24) is 9.88 Å². The van der Waals surface area contributed by atoms with E-state index in [2.05, 4.69) is 15.9 Å². The fourth-order valence-corrected chi connectivity index (χ4v) is 4.55. The number of amides is 1. The summed E-state index contributed by atoms with van der Waals surface area (Å²) in [5.41, 5.74) is 13.6. The van der Waals surface area contributed by atoms with E-state index in [1.54, 1.807) is 17.2 Å². The van der Waals surface area contributed by atoms with E-state index in [9.17, 15) is 9.90 Å². The van der Waals surface area contributed by atoms with Crippen molar-refractivity contribution in [2.45, 2.75) is 32.6 Å². The summed E-state index contributed by atoms with van der Waals surface area (Å²) < 4.78 is 5.94. The quantitative estimate of drug-likeness (QED) is 0.666. The zero-order valence-electron chi connectivity index (χ0n) is 16.4. The number of phenols is 1. The molecule has 2 heterocycles. The Morgan fingerprint density at radius 1 is 1.28 bits per heavy atom. The average Bonchev–Trinajstić information content (AvgIpc) is 2.88. The van der Waals surface area contributed by atoms with Crippen molar-refractivity contribution in [1.29, 1.82) is 0 Å². The maximum atomic E-state index is 12.1. The molecule has 152 valence electrons. The summed E-state index contributed by atoms with van der Waals surface area (Å²) in [6.07, 6.45) is 4.56. The number of piperidine rings is 1. The van der Waals surface area contributed by atoms with E-state index in [0.717, 1.165) is 58.1 Å². The zero-order chi connectivity index (χ0) is 20.5. The fraction of sp³-hybridized carbons (Fsp3) is 0.364. The number of hydrogen-bond donors (Lipinski definition) is 2. The number of carbonyl (C=O) groups excluding carboxylic acids is 1. The van der Waals surface area contributed by atoms with Gasteiger partial charge in [0.1, 0.15) is 5.75 Å². The zero-order valence-corrected chi connectivity index (χ0v) is 18.0. The van der Waals surface area contributed by atoms with Crippen molar-refractivity contribution in [3.05, 3.63) is 56.8 Å². The smallest absolute Gasteiger partial charge is 0.409 e. The largest absolute Gasteiger partial charge is 0.508 e. The predicted octanol–water partition coefficient (Wildman–Crippen LogP) is 4.28. The molecule has 1 saturated heterocycles. The van der Waals surface area contributed by atoms with Gasteiger partial charge in [-0.2, -0.15) is 0 Å². The highest BCUT2D eigenvalue weighted by atomic mass is 79.9. The molecule has 29 heavy (non-hydrogen) atoms. The molecule has 2 aliphatic rings. The fourth-order valence-electron chi connectivity index (χ4n) is 4.21. The van der Waals surface area contributed by atoms with Gasteiger partial charge in [-0.15, -0.1) is 0 Å². The number of ether oxygens (including phenoxy) is 1. The van der Waals surface area contributed by atoms with Crippen LogP contribution in [0.5, 0.6) is 5.75 Å². The van der Waals surface area contributed by atoms with Crippen LogP contribution in [0.2, 0.25) is 0 Å². The van der Waals surface area contributed by atoms with Crippen molar-refractivity contribution >= 4 is 33.3 Å². The van der Waals surface area contributed by atoms with Crippen LogP contribution in [0.4, 0.5) is 10.5 Å². The Labute approximate surface area is 178 Å². The van der Waals surface area contributed by atoms with Crippen LogP contribution in [-0.4, -0.2) is 40.8 Å². The van der Waals surface area contributed by atoms with Crippen molar-refractivity contribution in [3.63, 3.8) is 0 Å². The predicted molar refractivity (Wildman–Crippen MR) is 116 cm³/mol. The number of pyridine rings is 1. The number of likely N-dealkylation sites (tertiary alicyclic amines) is 1. The third kappa shape index (κ3) is 3.71. The molecule has 0 unspecified atom stereocenters. The summed E-state index contributed by atoms with van der Waals surface area (Å²) in [5.74, 6) is 0.262. The molecule has 0 bridgehead atoms. The number of phenolic OH excluding ortho intramolecular Hbond substituents is 1. The first kappa shape index (κ1) is 19.8. The summed E-state index contributed by atoms with van der Waals surface area (Å²) in [4.78, 5) is 18.6. The van der Waals surface area contributed by atoms with E-state index < -0.39 is 0 Å². The summed E-state index contributed by atoms with van der Waals surface area (Å²) in [7, 11) is 0. The second-order valence-corrected chi connectivity index (χ2v) is 8.21. The van der Waals surface area contributed by atoms with Gasteiger partial charge in [-0.1, -0.05) is 11.6 Å². The molecule has 1 aromatic heterocycles. The molecule has 0 spiro atoms. The Kier molecular flexibility index (Phi) is 5.50. The number of hydrogen-bond acceptors (Lipinski definition) is 5. The van der Waals surface area contributed by atoms with E-state index in [-0.39, 0.29) is 11.8 Å². The number of rotatable bonds is 1. The maximum absolute atomic E-state index is 12.1. The molecule has 0 saturated carbocycles. The number of aromatic nitrogens is 1. The minimum absolute atomic E-state index is 0.255. The SMILES string of the molecule is CCOC(=O)N1CCC(=C2c3ccc(O)cc3CCc3c2ncc(Br)c3N)CC1. The Hall–Kier alpha value is -2.54. The van der Waals surface area contributed by atoms with Crippen LogP contribution in [0.1, 0.15) is 42.1 Å². The molecular formula is C22H24BrN3O3. The summed E-state index contributed by atoms with van der Waals surface area (Å²) in [6, 6.07) is 5.53. The van der Waals surface area contributed by atoms with Crippen LogP contribution < -0.4 is 5.73 Å². The third-order valence-electron chi connectivity index (χ3n) is 5.66. The van der Waals surface area contributed by atoms with Gasteiger partial charge in [-0.25, -0.2) is 4.79 Å². The van der Waals surface area contributed by atoms with Gasteiger partial charge >= 0.3 is 6.09 Å². The average molecular weight is 458 g/mol. The van der Waals surface area contributed by atoms with Crippen LogP contribution in [0.3, 0.4) is 0 Å². The van der Waals surface area contributed by atoms with Crippen molar-refractivity contribution in [2.75, 3.05) is 25.4 Å². The minimum atomic E-state index is -0.255. The minimum Gasteiger partial charge on any atom is -0.508 e. The van der Waals surface area contributed by atoms with Gasteiger partial charge in [0.05, 0.1) is 22.5 Å². The van der Waals surface area contributed by atoms with Crippen molar-refractivity contribution < 1.29 is 14.6 Å². The number of benzene rings is 1. The topological polar surface area (TPSA) is 88.7 Å². The van der Waals surface area contributed by atoms with Gasteiger partial charge in [0.15, 0.2) is 0 Å². The van der Waals surface area contributed by atoms with Gasteiger partial charge in [-0.05, 0) is 71.8 Å². The van der Waals surface area contributed by atoms with Gasteiger partial charge in [-0.3, -0.25) is 4.98 Å². The van der Waals surface area contributed by atoms with Gasteiger partial charge in [0.2, 0.25) is 0 Å². The normalized spacial score (nSPS) is 16.1. The maximum Gasteiger partial charge on any atom is 0.409 e. The van der Waals surface area contributed by atoms with Crippen LogP contribution in [0, 0.1) is 0 Å². The van der Waals surface area contributed by atoms with Crippen LogP contribution in [0.25, 0.3) is 5.57 Å². The van der Waals surface area contributed by atoms with Gasteiger partial charge < -0.3 is 20.5 Å². The summed E-state index contributed by atoms with van der Waals surface area (Å²) in [5, 5.41) is 10.0. The Balaban J connectivity index is 1.81. The number of aryl methyl sites for hydroxylation is 1. The van der Waals surface area contributed by atoms with E-state index in [1.165, 1.54) is 5.57 Å². The molecule has 1 fully saturated rings. The molecule has 1 aliphatic carbocycles. The molecule has 0 radical (unpaired) electrons. The molecule has 1 aromatic carbocycles. The highest BCUT2D eigenvalue weighted by Crippen LogP contribution is 2.41. The first-order valence-electron chi connectivity index (χ1n) is 9.88. The number of carbonyl (C=O) groups is 1. The molecule has 7 heteroatoms.